The summed E-state index contributed by atoms with van der Waals surface area (Å²) in [7, 11) is 0. The summed E-state index contributed by atoms with van der Waals surface area (Å²) in [5.74, 6) is -0.224. The van der Waals surface area contributed by atoms with Crippen molar-refractivity contribution in [3.63, 3.8) is 0 Å². The van der Waals surface area contributed by atoms with Crippen molar-refractivity contribution in [1.29, 1.82) is 0 Å². The molecule has 1 fully saturated rings. The van der Waals surface area contributed by atoms with E-state index in [-0.39, 0.29) is 5.91 Å². The van der Waals surface area contributed by atoms with E-state index in [4.69, 9.17) is 5.73 Å². The number of aromatic nitrogens is 1. The van der Waals surface area contributed by atoms with Crippen molar-refractivity contribution in [2.75, 3.05) is 18.8 Å². The molecule has 24 heavy (non-hydrogen) atoms. The van der Waals surface area contributed by atoms with Gasteiger partial charge in [-0.15, -0.1) is 11.3 Å². The minimum atomic E-state index is -4.40. The zero-order valence-electron chi connectivity index (χ0n) is 12.5. The van der Waals surface area contributed by atoms with E-state index in [2.05, 4.69) is 10.3 Å². The van der Waals surface area contributed by atoms with Crippen LogP contribution in [0.25, 0.3) is 0 Å². The third kappa shape index (κ3) is 3.51. The molecule has 2 heterocycles. The first kappa shape index (κ1) is 16.7. The lowest BCUT2D eigenvalue weighted by atomic mass is 10.0. The Hall–Kier alpha value is -2.13. The highest BCUT2D eigenvalue weighted by atomic mass is 32.1. The van der Waals surface area contributed by atoms with Gasteiger partial charge in [-0.2, -0.15) is 13.2 Å². The van der Waals surface area contributed by atoms with E-state index in [0.717, 1.165) is 17.0 Å². The maximum absolute atomic E-state index is 12.7. The van der Waals surface area contributed by atoms with Crippen LogP contribution in [-0.2, 0) is 17.5 Å². The molecule has 0 aliphatic carbocycles. The normalized spacial score (nSPS) is 19.3. The van der Waals surface area contributed by atoms with Gasteiger partial charge in [0.2, 0.25) is 5.91 Å². The number of thiazole rings is 1. The van der Waals surface area contributed by atoms with E-state index in [1.807, 2.05) is 4.90 Å². The van der Waals surface area contributed by atoms with Gasteiger partial charge in [-0.25, -0.2) is 4.98 Å². The van der Waals surface area contributed by atoms with Gasteiger partial charge in [0.25, 0.3) is 0 Å². The maximum Gasteiger partial charge on any atom is 0.416 e. The molecule has 1 aromatic carbocycles. The summed E-state index contributed by atoms with van der Waals surface area (Å²) >= 11 is 1.33. The van der Waals surface area contributed by atoms with Crippen molar-refractivity contribution < 1.29 is 18.0 Å². The zero-order valence-corrected chi connectivity index (χ0v) is 13.3. The first-order valence-corrected chi connectivity index (χ1v) is 8.05. The Kier molecular flexibility index (Phi) is 4.46. The third-order valence-electron chi connectivity index (χ3n) is 3.80. The topological polar surface area (TPSA) is 71.2 Å². The van der Waals surface area contributed by atoms with Crippen molar-refractivity contribution in [3.8, 4) is 0 Å². The SMILES string of the molecule is Nc1ncc(CN2CCNC(=O)C2c2ccc(C(F)(F)F)cc2)s1. The first-order valence-electron chi connectivity index (χ1n) is 7.23. The molecule has 1 amide bonds. The molecule has 1 aliphatic rings. The lowest BCUT2D eigenvalue weighted by Crippen LogP contribution is -2.49. The quantitative estimate of drug-likeness (QED) is 0.886. The molecule has 1 saturated heterocycles. The van der Waals surface area contributed by atoms with E-state index >= 15 is 0 Å². The van der Waals surface area contributed by atoms with Crippen LogP contribution in [0.1, 0.15) is 22.0 Å². The number of nitrogen functional groups attached to an aromatic ring is 1. The van der Waals surface area contributed by atoms with Gasteiger partial charge in [-0.1, -0.05) is 12.1 Å². The molecule has 3 N–H and O–H groups in total. The van der Waals surface area contributed by atoms with Crippen LogP contribution in [0.3, 0.4) is 0 Å². The third-order valence-corrected chi connectivity index (χ3v) is 4.61. The number of benzene rings is 1. The van der Waals surface area contributed by atoms with E-state index in [1.165, 1.54) is 23.5 Å². The molecule has 1 aliphatic heterocycles. The molecular formula is C15H15F3N4OS. The Bertz CT molecular complexity index is 729. The molecule has 0 radical (unpaired) electrons. The van der Waals surface area contributed by atoms with Gasteiger partial charge in [-0.3, -0.25) is 9.69 Å². The first-order chi connectivity index (χ1) is 11.3. The molecular weight excluding hydrogens is 341 g/mol. The predicted molar refractivity (Wildman–Crippen MR) is 84.1 cm³/mol. The minimum Gasteiger partial charge on any atom is -0.375 e. The number of alkyl halides is 3. The maximum atomic E-state index is 12.7. The second-order valence-electron chi connectivity index (χ2n) is 5.45. The number of carbonyl (C=O) groups is 1. The number of hydrogen-bond donors (Lipinski definition) is 2. The summed E-state index contributed by atoms with van der Waals surface area (Å²) < 4.78 is 38.1. The largest absolute Gasteiger partial charge is 0.416 e. The average molecular weight is 356 g/mol. The molecule has 0 bridgehead atoms. The second kappa shape index (κ2) is 6.40. The van der Waals surface area contributed by atoms with E-state index < -0.39 is 17.8 Å². The Morgan fingerprint density at radius 3 is 2.62 bits per heavy atom. The molecule has 2 aromatic rings. The molecule has 1 atom stereocenters. The summed E-state index contributed by atoms with van der Waals surface area (Å²) in [6.45, 7) is 1.55. The van der Waals surface area contributed by atoms with Crippen molar-refractivity contribution in [3.05, 3.63) is 46.5 Å². The number of anilines is 1. The highest BCUT2D eigenvalue weighted by Crippen LogP contribution is 2.32. The van der Waals surface area contributed by atoms with Gasteiger partial charge in [0.15, 0.2) is 5.13 Å². The standard InChI is InChI=1S/C15H15F3N4OS/c16-15(17,18)10-3-1-9(2-4-10)12-13(23)20-5-6-22(12)8-11-7-21-14(19)24-11/h1-4,7,12H,5-6,8H2,(H2,19,21)(H,20,23). The number of nitrogens with zero attached hydrogens (tertiary/aromatic N) is 2. The Balaban J connectivity index is 1.85. The highest BCUT2D eigenvalue weighted by molar-refractivity contribution is 7.15. The van der Waals surface area contributed by atoms with Crippen LogP contribution in [0.4, 0.5) is 18.3 Å². The molecule has 3 rings (SSSR count). The van der Waals surface area contributed by atoms with E-state index in [9.17, 15) is 18.0 Å². The lowest BCUT2D eigenvalue weighted by Gasteiger charge is -2.35. The molecule has 0 saturated carbocycles. The minimum absolute atomic E-state index is 0.224. The van der Waals surface area contributed by atoms with Gasteiger partial charge >= 0.3 is 6.18 Å². The Morgan fingerprint density at radius 2 is 2.04 bits per heavy atom. The van der Waals surface area contributed by atoms with Crippen LogP contribution in [0.5, 0.6) is 0 Å². The van der Waals surface area contributed by atoms with Crippen molar-refractivity contribution >= 4 is 22.4 Å². The number of carbonyl (C=O) groups excluding carboxylic acids is 1. The van der Waals surface area contributed by atoms with E-state index in [1.54, 1.807) is 6.20 Å². The molecule has 128 valence electrons. The number of rotatable bonds is 3. The van der Waals surface area contributed by atoms with Crippen LogP contribution in [0, 0.1) is 0 Å². The Labute approximate surface area is 140 Å². The van der Waals surface area contributed by atoms with E-state index in [0.29, 0.717) is 30.3 Å². The number of hydrogen-bond acceptors (Lipinski definition) is 5. The van der Waals surface area contributed by atoms with Crippen LogP contribution in [0.15, 0.2) is 30.5 Å². The van der Waals surface area contributed by atoms with Gasteiger partial charge in [0.05, 0.1) is 5.56 Å². The molecule has 1 aromatic heterocycles. The van der Waals surface area contributed by atoms with Crippen molar-refractivity contribution in [2.24, 2.45) is 0 Å². The van der Waals surface area contributed by atoms with Crippen LogP contribution in [0.2, 0.25) is 0 Å². The lowest BCUT2D eigenvalue weighted by molar-refractivity contribution is -0.137. The fourth-order valence-electron chi connectivity index (χ4n) is 2.70. The van der Waals surface area contributed by atoms with Gasteiger partial charge in [0.1, 0.15) is 6.04 Å². The number of amides is 1. The summed E-state index contributed by atoms with van der Waals surface area (Å²) in [4.78, 5) is 19.1. The smallest absolute Gasteiger partial charge is 0.375 e. The molecule has 0 spiro atoms. The van der Waals surface area contributed by atoms with Crippen molar-refractivity contribution in [1.82, 2.24) is 15.2 Å². The van der Waals surface area contributed by atoms with Gasteiger partial charge in [-0.05, 0) is 17.7 Å². The number of nitrogens with two attached hydrogens (primary N) is 1. The summed E-state index contributed by atoms with van der Waals surface area (Å²) in [6.07, 6.45) is -2.75. The predicted octanol–water partition coefficient (Wildman–Crippen LogP) is 2.42. The highest BCUT2D eigenvalue weighted by Gasteiger charge is 2.33. The molecule has 9 heteroatoms. The summed E-state index contributed by atoms with van der Waals surface area (Å²) in [5.41, 5.74) is 5.41. The summed E-state index contributed by atoms with van der Waals surface area (Å²) in [6, 6.07) is 4.07. The van der Waals surface area contributed by atoms with Gasteiger partial charge < -0.3 is 11.1 Å². The number of piperazine rings is 1. The zero-order chi connectivity index (χ0) is 17.3. The number of halogens is 3. The molecule has 5 nitrogen and oxygen atoms in total. The van der Waals surface area contributed by atoms with Crippen LogP contribution in [-0.4, -0.2) is 28.9 Å². The van der Waals surface area contributed by atoms with Crippen LogP contribution < -0.4 is 11.1 Å². The number of nitrogens with one attached hydrogen (secondary N) is 1. The average Bonchev–Trinajstić information content (AvgIpc) is 2.92. The van der Waals surface area contributed by atoms with Crippen molar-refractivity contribution in [2.45, 2.75) is 18.8 Å². The fraction of sp³-hybridized carbons (Fsp3) is 0.333. The fourth-order valence-corrected chi connectivity index (χ4v) is 3.41. The molecule has 1 unspecified atom stereocenters. The Morgan fingerprint density at radius 1 is 1.33 bits per heavy atom. The van der Waals surface area contributed by atoms with Crippen LogP contribution >= 0.6 is 11.3 Å². The summed E-state index contributed by atoms with van der Waals surface area (Å²) in [5, 5.41) is 3.20. The second-order valence-corrected chi connectivity index (χ2v) is 6.60. The monoisotopic (exact) mass is 356 g/mol. The van der Waals surface area contributed by atoms with Gasteiger partial charge in [0, 0.05) is 30.7 Å².